The Morgan fingerprint density at radius 2 is 1.75 bits per heavy atom. The number of carbonyl (C=O) groups is 1. The molecule has 0 saturated heterocycles. The first-order valence-electron chi connectivity index (χ1n) is 7.92. The van der Waals surface area contributed by atoms with Crippen molar-refractivity contribution in [1.82, 2.24) is 4.90 Å². The smallest absolute Gasteiger partial charge is 0.260 e. The Kier molecular flexibility index (Phi) is 6.18. The van der Waals surface area contributed by atoms with Gasteiger partial charge in [0.05, 0.1) is 0 Å². The largest absolute Gasteiger partial charge is 0.481 e. The van der Waals surface area contributed by atoms with Crippen LogP contribution in [0.25, 0.3) is 0 Å². The maximum absolute atomic E-state index is 13.5. The van der Waals surface area contributed by atoms with E-state index in [1.54, 1.807) is 17.0 Å². The molecular weight excluding hydrogens is 307 g/mol. The molecule has 4 nitrogen and oxygen atoms in total. The molecule has 1 amide bonds. The molecule has 0 aliphatic rings. The molecule has 0 spiro atoms. The normalized spacial score (nSPS) is 10.3. The zero-order valence-electron chi connectivity index (χ0n) is 14.3. The zero-order chi connectivity index (χ0) is 17.5. The molecule has 0 aliphatic carbocycles. The second-order valence-electron chi connectivity index (χ2n) is 5.69. The summed E-state index contributed by atoms with van der Waals surface area (Å²) in [6, 6.07) is 14.1. The molecule has 0 saturated carbocycles. The lowest BCUT2D eigenvalue weighted by molar-refractivity contribution is -0.133. The summed E-state index contributed by atoms with van der Waals surface area (Å²) in [6.45, 7) is 2.80. The number of benzene rings is 2. The summed E-state index contributed by atoms with van der Waals surface area (Å²) >= 11 is 0. The van der Waals surface area contributed by atoms with Crippen LogP contribution in [0.4, 0.5) is 10.1 Å². The number of halogens is 1. The van der Waals surface area contributed by atoms with E-state index in [9.17, 15) is 9.18 Å². The molecule has 0 fully saturated rings. The summed E-state index contributed by atoms with van der Waals surface area (Å²) in [5, 5.41) is 0. The molecule has 0 aromatic heterocycles. The highest BCUT2D eigenvalue weighted by atomic mass is 19.1. The van der Waals surface area contributed by atoms with E-state index in [-0.39, 0.29) is 18.3 Å². The number of anilines is 1. The van der Waals surface area contributed by atoms with Crippen molar-refractivity contribution in [2.75, 3.05) is 32.1 Å². The predicted molar refractivity (Wildman–Crippen MR) is 93.8 cm³/mol. The van der Waals surface area contributed by atoms with Crippen LogP contribution in [0.15, 0.2) is 48.5 Å². The van der Waals surface area contributed by atoms with Crippen molar-refractivity contribution in [3.63, 3.8) is 0 Å². The van der Waals surface area contributed by atoms with Gasteiger partial charge in [-0.3, -0.25) is 4.79 Å². The van der Waals surface area contributed by atoms with Gasteiger partial charge in [0, 0.05) is 32.9 Å². The average molecular weight is 330 g/mol. The summed E-state index contributed by atoms with van der Waals surface area (Å²) in [5.74, 6) is -0.540. The standard InChI is InChI=1S/C19H23FN2O2/c1-4-22(13-15-9-11-16(12-10-15)21(2)3)19(23)14-24-18-8-6-5-7-17(18)20/h5-12H,4,13-14H2,1-3H3. The summed E-state index contributed by atoms with van der Waals surface area (Å²) in [5.41, 5.74) is 2.15. The maximum atomic E-state index is 13.5. The summed E-state index contributed by atoms with van der Waals surface area (Å²) < 4.78 is 18.8. The minimum Gasteiger partial charge on any atom is -0.481 e. The van der Waals surface area contributed by atoms with Gasteiger partial charge in [0.1, 0.15) is 0 Å². The third kappa shape index (κ3) is 4.72. The van der Waals surface area contributed by atoms with Crippen LogP contribution in [0.2, 0.25) is 0 Å². The molecule has 2 aromatic carbocycles. The summed E-state index contributed by atoms with van der Waals surface area (Å²) in [7, 11) is 3.97. The summed E-state index contributed by atoms with van der Waals surface area (Å²) in [4.78, 5) is 16.0. The number of carbonyl (C=O) groups excluding carboxylic acids is 1. The van der Waals surface area contributed by atoms with Crippen LogP contribution >= 0.6 is 0 Å². The van der Waals surface area contributed by atoms with E-state index in [1.165, 1.54) is 12.1 Å². The SMILES string of the molecule is CCN(Cc1ccc(N(C)C)cc1)C(=O)COc1ccccc1F. The molecule has 128 valence electrons. The van der Waals surface area contributed by atoms with Gasteiger partial charge in [-0.05, 0) is 36.8 Å². The van der Waals surface area contributed by atoms with Crippen LogP contribution < -0.4 is 9.64 Å². The quantitative estimate of drug-likeness (QED) is 0.781. The molecular formula is C19H23FN2O2. The van der Waals surface area contributed by atoms with Gasteiger partial charge in [0.2, 0.25) is 0 Å². The highest BCUT2D eigenvalue weighted by Crippen LogP contribution is 2.16. The number of rotatable bonds is 7. The Bertz CT molecular complexity index is 671. The molecule has 0 atom stereocenters. The van der Waals surface area contributed by atoms with Gasteiger partial charge in [-0.1, -0.05) is 24.3 Å². The Hall–Kier alpha value is -2.56. The van der Waals surface area contributed by atoms with Gasteiger partial charge in [-0.15, -0.1) is 0 Å². The molecule has 2 rings (SSSR count). The van der Waals surface area contributed by atoms with Crippen molar-refractivity contribution in [3.8, 4) is 5.75 Å². The summed E-state index contributed by atoms with van der Waals surface area (Å²) in [6.07, 6.45) is 0. The van der Waals surface area contributed by atoms with Crippen molar-refractivity contribution in [3.05, 3.63) is 59.9 Å². The van der Waals surface area contributed by atoms with Gasteiger partial charge in [0.25, 0.3) is 5.91 Å². The number of ether oxygens (including phenoxy) is 1. The lowest BCUT2D eigenvalue weighted by atomic mass is 10.2. The fraction of sp³-hybridized carbons (Fsp3) is 0.316. The Balaban J connectivity index is 1.95. The van der Waals surface area contributed by atoms with Crippen LogP contribution in [0.3, 0.4) is 0 Å². The number of likely N-dealkylation sites (N-methyl/N-ethyl adjacent to an activating group) is 1. The fourth-order valence-corrected chi connectivity index (χ4v) is 2.29. The van der Waals surface area contributed by atoms with Gasteiger partial charge >= 0.3 is 0 Å². The first-order valence-corrected chi connectivity index (χ1v) is 7.92. The minimum atomic E-state index is -0.465. The number of hydrogen-bond donors (Lipinski definition) is 0. The number of nitrogens with zero attached hydrogens (tertiary/aromatic N) is 2. The molecule has 5 heteroatoms. The van der Waals surface area contributed by atoms with Gasteiger partial charge in [-0.25, -0.2) is 4.39 Å². The number of para-hydroxylation sites is 1. The van der Waals surface area contributed by atoms with E-state index in [4.69, 9.17) is 4.74 Å². The van der Waals surface area contributed by atoms with E-state index in [0.717, 1.165) is 11.3 Å². The highest BCUT2D eigenvalue weighted by molar-refractivity contribution is 5.77. The molecule has 2 aromatic rings. The topological polar surface area (TPSA) is 32.8 Å². The lowest BCUT2D eigenvalue weighted by Gasteiger charge is -2.22. The Morgan fingerprint density at radius 3 is 2.33 bits per heavy atom. The van der Waals surface area contributed by atoms with E-state index >= 15 is 0 Å². The van der Waals surface area contributed by atoms with Crippen LogP contribution in [-0.4, -0.2) is 38.1 Å². The zero-order valence-corrected chi connectivity index (χ0v) is 14.3. The third-order valence-electron chi connectivity index (χ3n) is 3.75. The van der Waals surface area contributed by atoms with Crippen LogP contribution in [0.5, 0.6) is 5.75 Å². The Morgan fingerprint density at radius 1 is 1.08 bits per heavy atom. The minimum absolute atomic E-state index is 0.0947. The van der Waals surface area contributed by atoms with Crippen molar-refractivity contribution < 1.29 is 13.9 Å². The lowest BCUT2D eigenvalue weighted by Crippen LogP contribution is -2.34. The second kappa shape index (κ2) is 8.34. The van der Waals surface area contributed by atoms with Crippen LogP contribution in [0.1, 0.15) is 12.5 Å². The molecule has 0 unspecified atom stereocenters. The van der Waals surface area contributed by atoms with Crippen molar-refractivity contribution in [2.24, 2.45) is 0 Å². The molecule has 0 heterocycles. The van der Waals surface area contributed by atoms with Crippen molar-refractivity contribution >= 4 is 11.6 Å². The average Bonchev–Trinajstić information content (AvgIpc) is 2.59. The van der Waals surface area contributed by atoms with Crippen molar-refractivity contribution in [1.29, 1.82) is 0 Å². The molecule has 0 bridgehead atoms. The molecule has 0 N–H and O–H groups in total. The first-order chi connectivity index (χ1) is 11.5. The molecule has 24 heavy (non-hydrogen) atoms. The molecule has 0 aliphatic heterocycles. The first kappa shape index (κ1) is 17.8. The third-order valence-corrected chi connectivity index (χ3v) is 3.75. The highest BCUT2D eigenvalue weighted by Gasteiger charge is 2.14. The maximum Gasteiger partial charge on any atom is 0.260 e. The van der Waals surface area contributed by atoms with E-state index in [1.807, 2.05) is 50.2 Å². The van der Waals surface area contributed by atoms with Crippen molar-refractivity contribution in [2.45, 2.75) is 13.5 Å². The number of hydrogen-bond acceptors (Lipinski definition) is 3. The predicted octanol–water partition coefficient (Wildman–Crippen LogP) is 3.32. The van der Waals surface area contributed by atoms with Crippen LogP contribution in [-0.2, 0) is 11.3 Å². The second-order valence-corrected chi connectivity index (χ2v) is 5.69. The van der Waals surface area contributed by atoms with E-state index in [2.05, 4.69) is 0 Å². The van der Waals surface area contributed by atoms with Gasteiger partial charge < -0.3 is 14.5 Å². The fourth-order valence-electron chi connectivity index (χ4n) is 2.29. The number of amides is 1. The van der Waals surface area contributed by atoms with Crippen LogP contribution in [0, 0.1) is 5.82 Å². The van der Waals surface area contributed by atoms with Gasteiger partial charge in [0.15, 0.2) is 18.2 Å². The Labute approximate surface area is 142 Å². The van der Waals surface area contributed by atoms with E-state index < -0.39 is 5.82 Å². The van der Waals surface area contributed by atoms with Gasteiger partial charge in [-0.2, -0.15) is 0 Å². The monoisotopic (exact) mass is 330 g/mol. The molecule has 0 radical (unpaired) electrons. The van der Waals surface area contributed by atoms with E-state index in [0.29, 0.717) is 13.1 Å².